The molecule has 32 heavy (non-hydrogen) atoms. The summed E-state index contributed by atoms with van der Waals surface area (Å²) in [6.45, 7) is 0. The van der Waals surface area contributed by atoms with Crippen LogP contribution >= 0.6 is 11.6 Å². The van der Waals surface area contributed by atoms with Crippen LogP contribution in [0.3, 0.4) is 0 Å². The summed E-state index contributed by atoms with van der Waals surface area (Å²) in [5.74, 6) is -5.37. The predicted octanol–water partition coefficient (Wildman–Crippen LogP) is 4.58. The summed E-state index contributed by atoms with van der Waals surface area (Å²) in [4.78, 5) is 12.3. The quantitative estimate of drug-likeness (QED) is 0.605. The van der Waals surface area contributed by atoms with E-state index in [2.05, 4.69) is 5.32 Å². The van der Waals surface area contributed by atoms with E-state index >= 15 is 0 Å². The fraction of sp³-hybridized carbons (Fsp3) is 0.409. The topological polar surface area (TPSA) is 83.5 Å². The summed E-state index contributed by atoms with van der Waals surface area (Å²) in [5, 5.41) is 12.1. The van der Waals surface area contributed by atoms with Gasteiger partial charge in [-0.15, -0.1) is 0 Å². The third-order valence-electron chi connectivity index (χ3n) is 6.45. The van der Waals surface area contributed by atoms with Crippen molar-refractivity contribution in [2.45, 2.75) is 36.7 Å². The molecule has 2 aromatic rings. The Morgan fingerprint density at radius 2 is 1.66 bits per heavy atom. The standard InChI is InChI=1S/C22H21ClF3NO4S/c23-17-4-3-13(22(29)27-14-8-18(24)21(26)19(25)9-14)7-20(17)32(30,31)10-16-11-1-2-12(16)6-15(28)5-11/h3-4,7-9,11-12,15-16,28H,1-2,5-6,10H2,(H,27,29)/t11-,12?,15+,16-/m0/s1. The van der Waals surface area contributed by atoms with Gasteiger partial charge in [-0.3, -0.25) is 4.79 Å². The fourth-order valence-corrected chi connectivity index (χ4v) is 7.32. The van der Waals surface area contributed by atoms with E-state index in [1.165, 1.54) is 12.1 Å². The number of amides is 1. The van der Waals surface area contributed by atoms with Gasteiger partial charge in [0.25, 0.3) is 5.91 Å². The maximum absolute atomic E-state index is 13.4. The highest BCUT2D eigenvalue weighted by Crippen LogP contribution is 2.48. The van der Waals surface area contributed by atoms with Crippen molar-refractivity contribution in [1.82, 2.24) is 0 Å². The van der Waals surface area contributed by atoms with E-state index in [1.54, 1.807) is 0 Å². The van der Waals surface area contributed by atoms with E-state index in [4.69, 9.17) is 11.6 Å². The summed E-state index contributed by atoms with van der Waals surface area (Å²) in [5.41, 5.74) is -0.400. The number of nitrogens with one attached hydrogen (secondary N) is 1. The number of hydrogen-bond acceptors (Lipinski definition) is 4. The molecule has 172 valence electrons. The van der Waals surface area contributed by atoms with Crippen molar-refractivity contribution < 1.29 is 31.5 Å². The molecule has 10 heteroatoms. The first kappa shape index (κ1) is 23.1. The third kappa shape index (κ3) is 4.51. The van der Waals surface area contributed by atoms with Crippen LogP contribution in [0, 0.1) is 35.2 Å². The van der Waals surface area contributed by atoms with Gasteiger partial charge in [0.15, 0.2) is 27.3 Å². The van der Waals surface area contributed by atoms with Crippen LogP contribution in [-0.4, -0.2) is 31.3 Å². The monoisotopic (exact) mass is 487 g/mol. The Bertz CT molecular complexity index is 1140. The third-order valence-corrected chi connectivity index (χ3v) is 8.72. The van der Waals surface area contributed by atoms with Gasteiger partial charge in [-0.05, 0) is 61.6 Å². The van der Waals surface area contributed by atoms with Gasteiger partial charge in [0.1, 0.15) is 0 Å². The number of halogens is 4. The number of carbonyl (C=O) groups is 1. The highest BCUT2D eigenvalue weighted by Gasteiger charge is 2.44. The minimum absolute atomic E-state index is 0.0383. The van der Waals surface area contributed by atoms with Crippen LogP contribution in [0.25, 0.3) is 0 Å². The summed E-state index contributed by atoms with van der Waals surface area (Å²) >= 11 is 6.14. The number of aliphatic hydroxyl groups excluding tert-OH is 1. The van der Waals surface area contributed by atoms with Crippen molar-refractivity contribution in [3.63, 3.8) is 0 Å². The number of aliphatic hydroxyl groups is 1. The van der Waals surface area contributed by atoms with Gasteiger partial charge < -0.3 is 10.4 Å². The van der Waals surface area contributed by atoms with Gasteiger partial charge in [0.05, 0.1) is 21.8 Å². The lowest BCUT2D eigenvalue weighted by molar-refractivity contribution is 0.0683. The first-order valence-electron chi connectivity index (χ1n) is 10.2. The lowest BCUT2D eigenvalue weighted by Gasteiger charge is -2.32. The second-order valence-electron chi connectivity index (χ2n) is 8.52. The zero-order valence-corrected chi connectivity index (χ0v) is 18.4. The highest BCUT2D eigenvalue weighted by atomic mass is 35.5. The molecule has 0 aromatic heterocycles. The molecule has 0 saturated heterocycles. The number of anilines is 1. The number of hydrogen-bond donors (Lipinski definition) is 2. The van der Waals surface area contributed by atoms with E-state index < -0.39 is 39.3 Å². The molecule has 1 amide bonds. The van der Waals surface area contributed by atoms with E-state index in [9.17, 15) is 31.5 Å². The molecular formula is C22H21ClF3NO4S. The Balaban J connectivity index is 1.56. The minimum atomic E-state index is -3.84. The number of benzene rings is 2. The average molecular weight is 488 g/mol. The predicted molar refractivity (Wildman–Crippen MR) is 113 cm³/mol. The minimum Gasteiger partial charge on any atom is -0.393 e. The van der Waals surface area contributed by atoms with Crippen molar-refractivity contribution in [2.24, 2.45) is 17.8 Å². The smallest absolute Gasteiger partial charge is 0.255 e. The van der Waals surface area contributed by atoms with Crippen molar-refractivity contribution in [3.8, 4) is 0 Å². The maximum Gasteiger partial charge on any atom is 0.255 e. The van der Waals surface area contributed by atoms with Gasteiger partial charge in [-0.1, -0.05) is 11.6 Å². The van der Waals surface area contributed by atoms with Crippen LogP contribution in [0.15, 0.2) is 35.2 Å². The summed E-state index contributed by atoms with van der Waals surface area (Å²) in [6.07, 6.45) is 2.52. The molecule has 0 spiro atoms. The zero-order chi connectivity index (χ0) is 23.2. The Kier molecular flexibility index (Phi) is 6.26. The first-order valence-corrected chi connectivity index (χ1v) is 12.2. The van der Waals surface area contributed by atoms with Crippen LogP contribution in [0.5, 0.6) is 0 Å². The van der Waals surface area contributed by atoms with Crippen molar-refractivity contribution in [1.29, 1.82) is 0 Å². The van der Waals surface area contributed by atoms with Gasteiger partial charge in [-0.25, -0.2) is 21.6 Å². The highest BCUT2D eigenvalue weighted by molar-refractivity contribution is 7.91. The maximum atomic E-state index is 13.4. The Morgan fingerprint density at radius 1 is 1.06 bits per heavy atom. The van der Waals surface area contributed by atoms with Gasteiger partial charge in [-0.2, -0.15) is 0 Å². The van der Waals surface area contributed by atoms with Crippen LogP contribution in [0.4, 0.5) is 18.9 Å². The lowest BCUT2D eigenvalue weighted by Crippen LogP contribution is -2.33. The molecule has 4 rings (SSSR count). The molecule has 2 fully saturated rings. The normalized spacial score (nSPS) is 25.0. The van der Waals surface area contributed by atoms with E-state index in [1.807, 2.05) is 0 Å². The van der Waals surface area contributed by atoms with E-state index in [0.717, 1.165) is 18.9 Å². The SMILES string of the molecule is O=C(Nc1cc(F)c(F)c(F)c1)c1ccc(Cl)c(S(=O)(=O)C[C@@H]2C3CC[C@H]2C[C@@H](O)C3)c1. The molecule has 2 bridgehead atoms. The van der Waals surface area contributed by atoms with Gasteiger partial charge in [0, 0.05) is 23.4 Å². The molecule has 0 aliphatic heterocycles. The molecule has 1 unspecified atom stereocenters. The van der Waals surface area contributed by atoms with Crippen molar-refractivity contribution in [2.75, 3.05) is 11.1 Å². The molecule has 4 atom stereocenters. The van der Waals surface area contributed by atoms with Crippen LogP contribution in [0.2, 0.25) is 5.02 Å². The van der Waals surface area contributed by atoms with Crippen molar-refractivity contribution >= 4 is 33.0 Å². The van der Waals surface area contributed by atoms with Crippen molar-refractivity contribution in [3.05, 3.63) is 58.4 Å². The average Bonchev–Trinajstić information content (AvgIpc) is 2.94. The van der Waals surface area contributed by atoms with Gasteiger partial charge in [0.2, 0.25) is 0 Å². The number of carbonyl (C=O) groups excluding carboxylic acids is 1. The molecule has 2 aliphatic carbocycles. The van der Waals surface area contributed by atoms with E-state index in [0.29, 0.717) is 25.0 Å². The summed E-state index contributed by atoms with van der Waals surface area (Å²) in [7, 11) is -3.84. The Labute approximate surface area is 188 Å². The van der Waals surface area contributed by atoms with Crippen LogP contribution in [0.1, 0.15) is 36.0 Å². The second-order valence-corrected chi connectivity index (χ2v) is 10.9. The van der Waals surface area contributed by atoms with Crippen LogP contribution < -0.4 is 5.32 Å². The van der Waals surface area contributed by atoms with Crippen LogP contribution in [-0.2, 0) is 9.84 Å². The molecule has 2 saturated carbocycles. The largest absolute Gasteiger partial charge is 0.393 e. The molecule has 5 nitrogen and oxygen atoms in total. The molecule has 2 aromatic carbocycles. The molecule has 0 radical (unpaired) electrons. The fourth-order valence-electron chi connectivity index (χ4n) is 4.95. The van der Waals surface area contributed by atoms with Gasteiger partial charge >= 0.3 is 0 Å². The number of rotatable bonds is 5. The number of fused-ring (bicyclic) bond motifs is 2. The Morgan fingerprint density at radius 3 is 2.25 bits per heavy atom. The molecule has 0 heterocycles. The first-order chi connectivity index (χ1) is 15.0. The lowest BCUT2D eigenvalue weighted by atomic mass is 9.78. The molecule has 2 aliphatic rings. The number of sulfone groups is 1. The van der Waals surface area contributed by atoms with E-state index in [-0.39, 0.29) is 44.7 Å². The molecular weight excluding hydrogens is 467 g/mol. The summed E-state index contributed by atoms with van der Waals surface area (Å²) < 4.78 is 66.2. The zero-order valence-electron chi connectivity index (χ0n) is 16.8. The summed E-state index contributed by atoms with van der Waals surface area (Å²) in [6, 6.07) is 4.93. The molecule has 2 N–H and O–H groups in total. The Hall–Kier alpha value is -2.10. The second kappa shape index (κ2) is 8.68.